The van der Waals surface area contributed by atoms with Gasteiger partial charge in [-0.3, -0.25) is 0 Å². The molecule has 0 aromatic heterocycles. The normalized spacial score (nSPS) is 19.8. The first kappa shape index (κ1) is 14.5. The van der Waals surface area contributed by atoms with Crippen LogP contribution in [0.2, 0.25) is 0 Å². The van der Waals surface area contributed by atoms with E-state index in [4.69, 9.17) is 0 Å². The number of hydrogen-bond donors (Lipinski definition) is 1. The van der Waals surface area contributed by atoms with E-state index < -0.39 is 0 Å². The molecular weight excluding hydrogens is 232 g/mol. The number of nitrogens with one attached hydrogen (secondary N) is 1. The van der Waals surface area contributed by atoms with E-state index >= 15 is 0 Å². The summed E-state index contributed by atoms with van der Waals surface area (Å²) in [5.74, 6) is 0.785. The summed E-state index contributed by atoms with van der Waals surface area (Å²) < 4.78 is 0. The third kappa shape index (κ3) is 4.63. The van der Waals surface area contributed by atoms with Gasteiger partial charge in [0.1, 0.15) is 0 Å². The van der Waals surface area contributed by atoms with Crippen molar-refractivity contribution in [1.29, 1.82) is 0 Å². The third-order valence-corrected chi connectivity index (χ3v) is 4.00. The number of hydrogen-bond acceptors (Lipinski definition) is 2. The van der Waals surface area contributed by atoms with Crippen molar-refractivity contribution >= 4 is 0 Å². The van der Waals surface area contributed by atoms with E-state index in [2.05, 4.69) is 61.3 Å². The van der Waals surface area contributed by atoms with Crippen molar-refractivity contribution in [2.75, 3.05) is 19.6 Å². The smallest absolute Gasteiger partial charge is 0.0294 e. The van der Waals surface area contributed by atoms with E-state index in [9.17, 15) is 0 Å². The van der Waals surface area contributed by atoms with Crippen molar-refractivity contribution < 1.29 is 0 Å². The molecule has 0 aliphatic carbocycles. The molecule has 19 heavy (non-hydrogen) atoms. The lowest BCUT2D eigenvalue weighted by Gasteiger charge is -2.34. The average molecular weight is 260 g/mol. The Labute approximate surface area is 118 Å². The number of nitrogens with zero attached hydrogens (tertiary/aromatic N) is 1. The lowest BCUT2D eigenvalue weighted by Crippen LogP contribution is -2.44. The minimum atomic E-state index is 0.461. The van der Waals surface area contributed by atoms with Gasteiger partial charge in [0.2, 0.25) is 0 Å². The standard InChI is InChI=1S/C17H28N2/c1-14(2)13-19-11-9-17(10-12-19)18-15(3)16-7-5-4-6-8-16/h4-8,14-15,17-18H,9-13H2,1-3H3. The molecule has 1 unspecified atom stereocenters. The maximum atomic E-state index is 3.78. The van der Waals surface area contributed by atoms with Crippen molar-refractivity contribution in [2.45, 2.75) is 45.7 Å². The third-order valence-electron chi connectivity index (χ3n) is 4.00. The summed E-state index contributed by atoms with van der Waals surface area (Å²) in [5, 5.41) is 3.78. The van der Waals surface area contributed by atoms with Crippen LogP contribution in [-0.4, -0.2) is 30.6 Å². The second-order valence-electron chi connectivity index (χ2n) is 6.27. The maximum Gasteiger partial charge on any atom is 0.0294 e. The maximum absolute atomic E-state index is 3.78. The van der Waals surface area contributed by atoms with Gasteiger partial charge in [0.25, 0.3) is 0 Å². The first-order valence-electron chi connectivity index (χ1n) is 7.68. The fourth-order valence-corrected chi connectivity index (χ4v) is 2.99. The predicted octanol–water partition coefficient (Wildman–Crippen LogP) is 3.46. The predicted molar refractivity (Wildman–Crippen MR) is 82.3 cm³/mol. The van der Waals surface area contributed by atoms with Crippen LogP contribution >= 0.6 is 0 Å². The van der Waals surface area contributed by atoms with Crippen molar-refractivity contribution in [3.63, 3.8) is 0 Å². The van der Waals surface area contributed by atoms with Crippen LogP contribution in [0.5, 0.6) is 0 Å². The highest BCUT2D eigenvalue weighted by Gasteiger charge is 2.20. The van der Waals surface area contributed by atoms with Crippen LogP contribution < -0.4 is 5.32 Å². The van der Waals surface area contributed by atoms with Gasteiger partial charge < -0.3 is 10.2 Å². The Kier molecular flexibility index (Phi) is 5.41. The van der Waals surface area contributed by atoms with E-state index in [0.717, 1.165) is 5.92 Å². The first-order valence-corrected chi connectivity index (χ1v) is 7.68. The van der Waals surface area contributed by atoms with Crippen molar-refractivity contribution in [1.82, 2.24) is 10.2 Å². The summed E-state index contributed by atoms with van der Waals surface area (Å²) >= 11 is 0. The van der Waals surface area contributed by atoms with E-state index in [1.54, 1.807) is 0 Å². The van der Waals surface area contributed by atoms with Gasteiger partial charge in [-0.1, -0.05) is 44.2 Å². The van der Waals surface area contributed by atoms with E-state index in [1.165, 1.54) is 38.0 Å². The monoisotopic (exact) mass is 260 g/mol. The van der Waals surface area contributed by atoms with Gasteiger partial charge in [0.15, 0.2) is 0 Å². The Morgan fingerprint density at radius 1 is 1.11 bits per heavy atom. The number of benzene rings is 1. The number of rotatable bonds is 5. The number of likely N-dealkylation sites (tertiary alicyclic amines) is 1. The van der Waals surface area contributed by atoms with Crippen molar-refractivity contribution in [3.05, 3.63) is 35.9 Å². The molecule has 0 saturated carbocycles. The fraction of sp³-hybridized carbons (Fsp3) is 0.647. The van der Waals surface area contributed by atoms with Crippen molar-refractivity contribution in [3.8, 4) is 0 Å². The minimum Gasteiger partial charge on any atom is -0.307 e. The summed E-state index contributed by atoms with van der Waals surface area (Å²) in [4.78, 5) is 2.61. The van der Waals surface area contributed by atoms with Crippen LogP contribution in [0.3, 0.4) is 0 Å². The molecule has 2 nitrogen and oxygen atoms in total. The molecule has 2 heteroatoms. The second kappa shape index (κ2) is 7.06. The Morgan fingerprint density at radius 3 is 2.32 bits per heavy atom. The van der Waals surface area contributed by atoms with Crippen LogP contribution in [0.25, 0.3) is 0 Å². The fourth-order valence-electron chi connectivity index (χ4n) is 2.99. The summed E-state index contributed by atoms with van der Waals surface area (Å²) in [6.45, 7) is 10.6. The molecule has 0 spiro atoms. The molecule has 1 aromatic rings. The summed E-state index contributed by atoms with van der Waals surface area (Å²) in [6, 6.07) is 11.9. The van der Waals surface area contributed by atoms with Crippen LogP contribution in [0.1, 0.15) is 45.2 Å². The minimum absolute atomic E-state index is 0.461. The van der Waals surface area contributed by atoms with Crippen molar-refractivity contribution in [2.24, 2.45) is 5.92 Å². The zero-order chi connectivity index (χ0) is 13.7. The molecule has 1 aliphatic heterocycles. The molecule has 0 bridgehead atoms. The van der Waals surface area contributed by atoms with Gasteiger partial charge in [0, 0.05) is 18.6 Å². The zero-order valence-electron chi connectivity index (χ0n) is 12.6. The van der Waals surface area contributed by atoms with Crippen LogP contribution in [0, 0.1) is 5.92 Å². The molecule has 0 amide bonds. The zero-order valence-corrected chi connectivity index (χ0v) is 12.6. The van der Waals surface area contributed by atoms with Gasteiger partial charge in [0.05, 0.1) is 0 Å². The molecule has 1 atom stereocenters. The van der Waals surface area contributed by atoms with Gasteiger partial charge in [-0.15, -0.1) is 0 Å². The number of piperidine rings is 1. The van der Waals surface area contributed by atoms with Gasteiger partial charge in [-0.05, 0) is 44.3 Å². The first-order chi connectivity index (χ1) is 9.15. The molecule has 0 radical (unpaired) electrons. The molecule has 1 heterocycles. The molecule has 1 aromatic carbocycles. The summed E-state index contributed by atoms with van der Waals surface area (Å²) in [6.07, 6.45) is 2.56. The highest BCUT2D eigenvalue weighted by molar-refractivity contribution is 5.18. The van der Waals surface area contributed by atoms with E-state index in [1.807, 2.05) is 0 Å². The highest BCUT2D eigenvalue weighted by atomic mass is 15.1. The summed E-state index contributed by atoms with van der Waals surface area (Å²) in [7, 11) is 0. The topological polar surface area (TPSA) is 15.3 Å². The van der Waals surface area contributed by atoms with Gasteiger partial charge >= 0.3 is 0 Å². The average Bonchev–Trinajstić information content (AvgIpc) is 2.41. The largest absolute Gasteiger partial charge is 0.307 e. The highest BCUT2D eigenvalue weighted by Crippen LogP contribution is 2.17. The summed E-state index contributed by atoms with van der Waals surface area (Å²) in [5.41, 5.74) is 1.40. The lowest BCUT2D eigenvalue weighted by atomic mass is 10.0. The Hall–Kier alpha value is -0.860. The Bertz CT molecular complexity index is 353. The lowest BCUT2D eigenvalue weighted by molar-refractivity contribution is 0.175. The molecule has 1 saturated heterocycles. The van der Waals surface area contributed by atoms with Crippen LogP contribution in [0.4, 0.5) is 0 Å². The molecule has 1 fully saturated rings. The van der Waals surface area contributed by atoms with E-state index in [-0.39, 0.29) is 0 Å². The van der Waals surface area contributed by atoms with Gasteiger partial charge in [-0.25, -0.2) is 0 Å². The van der Waals surface area contributed by atoms with Crippen LogP contribution in [0.15, 0.2) is 30.3 Å². The molecule has 1 aliphatic rings. The van der Waals surface area contributed by atoms with Crippen LogP contribution in [-0.2, 0) is 0 Å². The molecule has 2 rings (SSSR count). The SMILES string of the molecule is CC(C)CN1CCC(NC(C)c2ccccc2)CC1. The molecular formula is C17H28N2. The Balaban J connectivity index is 1.76. The molecule has 1 N–H and O–H groups in total. The van der Waals surface area contributed by atoms with E-state index in [0.29, 0.717) is 12.1 Å². The second-order valence-corrected chi connectivity index (χ2v) is 6.27. The quantitative estimate of drug-likeness (QED) is 0.872. The Morgan fingerprint density at radius 2 is 1.74 bits per heavy atom. The molecule has 106 valence electrons. The van der Waals surface area contributed by atoms with Gasteiger partial charge in [-0.2, -0.15) is 0 Å².